The summed E-state index contributed by atoms with van der Waals surface area (Å²) in [5, 5.41) is 10.1. The average Bonchev–Trinajstić information content (AvgIpc) is 2.93. The molecule has 1 saturated heterocycles. The van der Waals surface area contributed by atoms with E-state index in [0.29, 0.717) is 6.42 Å². The van der Waals surface area contributed by atoms with Gasteiger partial charge in [-0.1, -0.05) is 30.3 Å². The Bertz CT molecular complexity index is 527. The Balaban J connectivity index is 1.53. The molecule has 3 rings (SSSR count). The highest BCUT2D eigenvalue weighted by Gasteiger charge is 2.53. The third-order valence-electron chi connectivity index (χ3n) is 4.22. The largest absolute Gasteiger partial charge is 0.461 e. The number of aliphatic hydroxyl groups excluding tert-OH is 1. The molecule has 22 heavy (non-hydrogen) atoms. The van der Waals surface area contributed by atoms with Crippen molar-refractivity contribution in [2.24, 2.45) is 5.92 Å². The smallest absolute Gasteiger partial charge is 0.306 e. The fourth-order valence-electron chi connectivity index (χ4n) is 3.27. The van der Waals surface area contributed by atoms with Crippen molar-refractivity contribution in [3.8, 4) is 0 Å². The first-order valence-electron chi connectivity index (χ1n) is 7.68. The van der Waals surface area contributed by atoms with Gasteiger partial charge in [0.05, 0.1) is 18.6 Å². The quantitative estimate of drug-likeness (QED) is 0.862. The van der Waals surface area contributed by atoms with Gasteiger partial charge in [0.15, 0.2) is 5.79 Å². The van der Waals surface area contributed by atoms with Gasteiger partial charge in [0.25, 0.3) is 0 Å². The van der Waals surface area contributed by atoms with Gasteiger partial charge in [0.2, 0.25) is 0 Å². The zero-order valence-corrected chi connectivity index (χ0v) is 12.9. The Morgan fingerprint density at radius 2 is 1.95 bits per heavy atom. The minimum absolute atomic E-state index is 0.0648. The molecule has 4 atom stereocenters. The summed E-state index contributed by atoms with van der Waals surface area (Å²) in [5.74, 6) is -1.04. The lowest BCUT2D eigenvalue weighted by atomic mass is 10.0. The lowest BCUT2D eigenvalue weighted by molar-refractivity contribution is -0.169. The monoisotopic (exact) mass is 306 g/mol. The van der Waals surface area contributed by atoms with Gasteiger partial charge in [-0.2, -0.15) is 0 Å². The van der Waals surface area contributed by atoms with Crippen molar-refractivity contribution < 1.29 is 24.1 Å². The first-order chi connectivity index (χ1) is 10.4. The Labute approximate surface area is 130 Å². The molecule has 1 aliphatic heterocycles. The highest BCUT2D eigenvalue weighted by Crippen LogP contribution is 2.42. The van der Waals surface area contributed by atoms with Crippen LogP contribution in [0.15, 0.2) is 30.3 Å². The molecule has 0 bridgehead atoms. The van der Waals surface area contributed by atoms with Crippen LogP contribution >= 0.6 is 0 Å². The fraction of sp³-hybridized carbons (Fsp3) is 0.588. The molecule has 5 heteroatoms. The number of hydrogen-bond acceptors (Lipinski definition) is 5. The summed E-state index contributed by atoms with van der Waals surface area (Å²) in [7, 11) is 0. The minimum atomic E-state index is -0.705. The van der Waals surface area contributed by atoms with Crippen LogP contribution in [-0.4, -0.2) is 35.2 Å². The average molecular weight is 306 g/mol. The summed E-state index contributed by atoms with van der Waals surface area (Å²) in [6.07, 6.45) is -0.425. The zero-order valence-electron chi connectivity index (χ0n) is 12.9. The minimum Gasteiger partial charge on any atom is -0.461 e. The third-order valence-corrected chi connectivity index (χ3v) is 4.22. The number of ether oxygens (including phenoxy) is 3. The fourth-order valence-corrected chi connectivity index (χ4v) is 3.27. The van der Waals surface area contributed by atoms with E-state index in [1.54, 1.807) is 0 Å². The maximum atomic E-state index is 12.0. The van der Waals surface area contributed by atoms with E-state index < -0.39 is 11.9 Å². The van der Waals surface area contributed by atoms with Crippen LogP contribution in [0.3, 0.4) is 0 Å². The highest BCUT2D eigenvalue weighted by atomic mass is 16.8. The van der Waals surface area contributed by atoms with Crippen molar-refractivity contribution in [3.63, 3.8) is 0 Å². The van der Waals surface area contributed by atoms with Crippen LogP contribution in [0.5, 0.6) is 0 Å². The summed E-state index contributed by atoms with van der Waals surface area (Å²) in [6.45, 7) is 3.91. The van der Waals surface area contributed by atoms with E-state index in [-0.39, 0.29) is 37.1 Å². The Morgan fingerprint density at radius 3 is 2.68 bits per heavy atom. The Hall–Kier alpha value is -1.43. The molecule has 2 aliphatic rings. The molecule has 5 nitrogen and oxygen atoms in total. The first kappa shape index (κ1) is 15.5. The van der Waals surface area contributed by atoms with Crippen LogP contribution in [0.2, 0.25) is 0 Å². The van der Waals surface area contributed by atoms with Crippen LogP contribution in [0.25, 0.3) is 0 Å². The first-order valence-corrected chi connectivity index (χ1v) is 7.68. The summed E-state index contributed by atoms with van der Waals surface area (Å²) in [6, 6.07) is 9.57. The van der Waals surface area contributed by atoms with Gasteiger partial charge in [-0.3, -0.25) is 4.79 Å². The van der Waals surface area contributed by atoms with Gasteiger partial charge in [-0.25, -0.2) is 0 Å². The van der Waals surface area contributed by atoms with Crippen molar-refractivity contribution >= 4 is 5.97 Å². The van der Waals surface area contributed by atoms with Crippen LogP contribution in [0, 0.1) is 5.92 Å². The normalized spacial score (nSPS) is 32.7. The van der Waals surface area contributed by atoms with E-state index in [1.165, 1.54) is 0 Å². The van der Waals surface area contributed by atoms with Crippen LogP contribution in [-0.2, 0) is 25.6 Å². The van der Waals surface area contributed by atoms with Gasteiger partial charge < -0.3 is 19.3 Å². The maximum Gasteiger partial charge on any atom is 0.306 e. The SMILES string of the molecule is CC1(C)OC2[C@H](CC(=O)OCc3ccccc3)C[C@H](O)[C@H]2O1. The predicted octanol–water partition coefficient (Wildman–Crippen LogP) is 2.02. The van der Waals surface area contributed by atoms with Gasteiger partial charge in [-0.05, 0) is 25.8 Å². The molecule has 2 fully saturated rings. The maximum absolute atomic E-state index is 12.0. The van der Waals surface area contributed by atoms with E-state index in [0.717, 1.165) is 5.56 Å². The van der Waals surface area contributed by atoms with Gasteiger partial charge in [0, 0.05) is 5.92 Å². The molecule has 120 valence electrons. The number of carbonyl (C=O) groups excluding carboxylic acids is 1. The molecule has 0 amide bonds. The molecule has 1 aromatic carbocycles. The number of rotatable bonds is 4. The molecule has 0 radical (unpaired) electrons. The third kappa shape index (κ3) is 3.32. The van der Waals surface area contributed by atoms with Gasteiger partial charge >= 0.3 is 5.97 Å². The van der Waals surface area contributed by atoms with Crippen molar-refractivity contribution in [1.29, 1.82) is 0 Å². The molecule has 1 unspecified atom stereocenters. The van der Waals surface area contributed by atoms with Crippen LogP contribution in [0.1, 0.15) is 32.3 Å². The van der Waals surface area contributed by atoms with Crippen molar-refractivity contribution in [2.45, 2.75) is 57.4 Å². The molecular weight excluding hydrogens is 284 g/mol. The number of aliphatic hydroxyl groups is 1. The topological polar surface area (TPSA) is 65.0 Å². The van der Waals surface area contributed by atoms with Crippen molar-refractivity contribution in [1.82, 2.24) is 0 Å². The Morgan fingerprint density at radius 1 is 1.27 bits per heavy atom. The summed E-state index contributed by atoms with van der Waals surface area (Å²) < 4.78 is 16.8. The van der Waals surface area contributed by atoms with E-state index in [9.17, 15) is 9.90 Å². The predicted molar refractivity (Wildman–Crippen MR) is 78.8 cm³/mol. The van der Waals surface area contributed by atoms with Crippen molar-refractivity contribution in [3.05, 3.63) is 35.9 Å². The summed E-state index contributed by atoms with van der Waals surface area (Å²) in [4.78, 5) is 12.0. The number of hydrogen-bond donors (Lipinski definition) is 1. The summed E-state index contributed by atoms with van der Waals surface area (Å²) >= 11 is 0. The second-order valence-electron chi connectivity index (χ2n) is 6.48. The van der Waals surface area contributed by atoms with Gasteiger partial charge in [-0.15, -0.1) is 0 Å². The molecule has 0 spiro atoms. The molecule has 0 aromatic heterocycles. The number of fused-ring (bicyclic) bond motifs is 1. The standard InChI is InChI=1S/C17H22O5/c1-17(2)21-15-12(8-13(18)16(15)22-17)9-14(19)20-10-11-6-4-3-5-7-11/h3-7,12-13,15-16,18H,8-10H2,1-2H3/t12-,13-,15?,16+/m0/s1. The van der Waals surface area contributed by atoms with Crippen LogP contribution in [0.4, 0.5) is 0 Å². The molecule has 1 N–H and O–H groups in total. The zero-order chi connectivity index (χ0) is 15.7. The number of carbonyl (C=O) groups is 1. The second-order valence-corrected chi connectivity index (χ2v) is 6.48. The molecule has 1 saturated carbocycles. The molecule has 1 aliphatic carbocycles. The van der Waals surface area contributed by atoms with Crippen LogP contribution < -0.4 is 0 Å². The highest BCUT2D eigenvalue weighted by molar-refractivity contribution is 5.69. The number of esters is 1. The van der Waals surface area contributed by atoms with Gasteiger partial charge in [0.1, 0.15) is 12.7 Å². The Kier molecular flexibility index (Phi) is 4.21. The van der Waals surface area contributed by atoms with E-state index in [1.807, 2.05) is 44.2 Å². The lowest BCUT2D eigenvalue weighted by Gasteiger charge is -2.21. The molecule has 1 aromatic rings. The lowest BCUT2D eigenvalue weighted by Crippen LogP contribution is -2.28. The van der Waals surface area contributed by atoms with E-state index >= 15 is 0 Å². The summed E-state index contributed by atoms with van der Waals surface area (Å²) in [5.41, 5.74) is 0.960. The molecule has 1 heterocycles. The van der Waals surface area contributed by atoms with Crippen molar-refractivity contribution in [2.75, 3.05) is 0 Å². The van der Waals surface area contributed by atoms with E-state index in [2.05, 4.69) is 0 Å². The second kappa shape index (κ2) is 5.99. The number of benzene rings is 1. The van der Waals surface area contributed by atoms with E-state index in [4.69, 9.17) is 14.2 Å². The molecular formula is C17H22O5.